The van der Waals surface area contributed by atoms with Gasteiger partial charge in [-0.2, -0.15) is 0 Å². The molecule has 24 heavy (non-hydrogen) atoms. The first kappa shape index (κ1) is 16.9. The quantitative estimate of drug-likeness (QED) is 0.889. The Morgan fingerprint density at radius 1 is 1.42 bits per heavy atom. The number of hydrogen-bond acceptors (Lipinski definition) is 5. The normalized spacial score (nSPS) is 20.6. The van der Waals surface area contributed by atoms with Gasteiger partial charge in [-0.1, -0.05) is 6.92 Å². The second kappa shape index (κ2) is 7.72. The minimum atomic E-state index is -0.235. The number of ether oxygens (including phenoxy) is 1. The van der Waals surface area contributed by atoms with E-state index in [1.165, 1.54) is 11.3 Å². The lowest BCUT2D eigenvalue weighted by atomic mass is 9.97. The smallest absolute Gasteiger partial charge is 0.321 e. The van der Waals surface area contributed by atoms with Gasteiger partial charge in [-0.3, -0.25) is 10.3 Å². The first-order chi connectivity index (χ1) is 11.7. The Morgan fingerprint density at radius 3 is 2.92 bits per heavy atom. The summed E-state index contributed by atoms with van der Waals surface area (Å²) >= 11 is 1.50. The number of carbonyl (C=O) groups excluding carboxylic acids is 1. The van der Waals surface area contributed by atoms with Gasteiger partial charge in [-0.05, 0) is 43.9 Å². The molecule has 7 heteroatoms. The third-order valence-electron chi connectivity index (χ3n) is 4.12. The topological polar surface area (TPSA) is 76.1 Å². The van der Waals surface area contributed by atoms with Crippen LogP contribution in [0.1, 0.15) is 42.0 Å². The van der Waals surface area contributed by atoms with Crippen LogP contribution in [-0.2, 0) is 11.2 Å². The average molecular weight is 346 g/mol. The largest absolute Gasteiger partial charge is 0.371 e. The van der Waals surface area contributed by atoms with E-state index in [4.69, 9.17) is 4.74 Å². The molecule has 0 radical (unpaired) electrons. The molecule has 0 aliphatic carbocycles. The molecule has 2 aromatic heterocycles. The van der Waals surface area contributed by atoms with E-state index < -0.39 is 0 Å². The van der Waals surface area contributed by atoms with Crippen LogP contribution in [0.25, 0.3) is 0 Å². The van der Waals surface area contributed by atoms with Gasteiger partial charge in [0.1, 0.15) is 6.10 Å². The predicted molar refractivity (Wildman–Crippen MR) is 94.3 cm³/mol. The molecular weight excluding hydrogens is 324 g/mol. The number of pyridine rings is 1. The predicted octanol–water partition coefficient (Wildman–Crippen LogP) is 3.45. The summed E-state index contributed by atoms with van der Waals surface area (Å²) in [6.07, 6.45) is 6.04. The number of aromatic nitrogens is 2. The molecule has 128 valence electrons. The van der Waals surface area contributed by atoms with Gasteiger partial charge < -0.3 is 10.1 Å². The highest BCUT2D eigenvalue weighted by Gasteiger charge is 2.29. The lowest BCUT2D eigenvalue weighted by Gasteiger charge is -2.32. The Morgan fingerprint density at radius 2 is 2.21 bits per heavy atom. The van der Waals surface area contributed by atoms with Crippen LogP contribution in [0.3, 0.4) is 0 Å². The minimum Gasteiger partial charge on any atom is -0.371 e. The number of aryl methyl sites for hydroxylation is 2. The number of carbonyl (C=O) groups is 1. The van der Waals surface area contributed by atoms with E-state index in [0.29, 0.717) is 11.7 Å². The highest BCUT2D eigenvalue weighted by Crippen LogP contribution is 2.28. The van der Waals surface area contributed by atoms with Crippen molar-refractivity contribution in [3.8, 4) is 0 Å². The summed E-state index contributed by atoms with van der Waals surface area (Å²) in [4.78, 5) is 22.0. The summed E-state index contributed by atoms with van der Waals surface area (Å²) in [7, 11) is 0. The van der Waals surface area contributed by atoms with Crippen molar-refractivity contribution in [2.24, 2.45) is 0 Å². The highest BCUT2D eigenvalue weighted by molar-refractivity contribution is 7.15. The molecule has 1 aliphatic heterocycles. The number of nitrogens with zero attached hydrogens (tertiary/aromatic N) is 2. The van der Waals surface area contributed by atoms with Crippen LogP contribution < -0.4 is 10.6 Å². The van der Waals surface area contributed by atoms with Crippen LogP contribution in [0.15, 0.2) is 24.5 Å². The second-order valence-corrected chi connectivity index (χ2v) is 7.00. The molecule has 1 aliphatic rings. The van der Waals surface area contributed by atoms with E-state index in [1.54, 1.807) is 12.4 Å². The number of anilines is 1. The maximum Gasteiger partial charge on any atom is 0.321 e. The molecule has 0 unspecified atom stereocenters. The number of thiazole rings is 1. The van der Waals surface area contributed by atoms with Crippen molar-refractivity contribution < 1.29 is 9.53 Å². The zero-order valence-corrected chi connectivity index (χ0v) is 14.7. The van der Waals surface area contributed by atoms with E-state index in [0.717, 1.165) is 35.4 Å². The fourth-order valence-corrected chi connectivity index (χ4v) is 3.82. The Hall–Kier alpha value is -1.99. The lowest BCUT2D eigenvalue weighted by Crippen LogP contribution is -2.44. The molecule has 1 fully saturated rings. The Balaban J connectivity index is 1.65. The Labute approximate surface area is 145 Å². The van der Waals surface area contributed by atoms with Gasteiger partial charge in [-0.15, -0.1) is 11.3 Å². The first-order valence-corrected chi connectivity index (χ1v) is 9.04. The molecule has 2 atom stereocenters. The molecule has 0 bridgehead atoms. The standard InChI is InChI=1S/C17H22N4O2S/c1-3-13-11(2)24-17(20-13)21-16(22)19-14-5-4-10-23-15(14)12-6-8-18-9-7-12/h6-9,14-15H,3-5,10H2,1-2H3,(H2,19,20,21,22)/t14-,15+/m0/s1. The SMILES string of the molecule is CCc1nc(NC(=O)N[C@H]2CCCO[C@@H]2c2ccncc2)sc1C. The number of nitrogens with one attached hydrogen (secondary N) is 2. The van der Waals surface area contributed by atoms with Gasteiger partial charge in [0.15, 0.2) is 5.13 Å². The van der Waals surface area contributed by atoms with Crippen LogP contribution >= 0.6 is 11.3 Å². The van der Waals surface area contributed by atoms with Gasteiger partial charge in [0.05, 0.1) is 11.7 Å². The fraction of sp³-hybridized carbons (Fsp3) is 0.471. The molecule has 2 amide bonds. The van der Waals surface area contributed by atoms with E-state index in [9.17, 15) is 4.79 Å². The van der Waals surface area contributed by atoms with Crippen LogP contribution in [0.2, 0.25) is 0 Å². The highest BCUT2D eigenvalue weighted by atomic mass is 32.1. The molecule has 0 spiro atoms. The molecule has 0 aromatic carbocycles. The molecule has 2 aromatic rings. The zero-order valence-electron chi connectivity index (χ0n) is 13.9. The third kappa shape index (κ3) is 3.91. The lowest BCUT2D eigenvalue weighted by molar-refractivity contribution is -0.00701. The third-order valence-corrected chi connectivity index (χ3v) is 5.05. The van der Waals surface area contributed by atoms with Crippen LogP contribution in [0.4, 0.5) is 9.93 Å². The number of rotatable bonds is 4. The summed E-state index contributed by atoms with van der Waals surface area (Å²) < 4.78 is 5.89. The van der Waals surface area contributed by atoms with Crippen molar-refractivity contribution in [1.82, 2.24) is 15.3 Å². The summed E-state index contributed by atoms with van der Waals surface area (Å²) in [6.45, 7) is 4.79. The van der Waals surface area contributed by atoms with Gasteiger partial charge in [0.25, 0.3) is 0 Å². The molecule has 2 N–H and O–H groups in total. The number of urea groups is 1. The second-order valence-electron chi connectivity index (χ2n) is 5.79. The van der Waals surface area contributed by atoms with Gasteiger partial charge in [0.2, 0.25) is 0 Å². The van der Waals surface area contributed by atoms with Crippen LogP contribution in [0, 0.1) is 6.92 Å². The zero-order chi connectivity index (χ0) is 16.9. The van der Waals surface area contributed by atoms with Crippen LogP contribution in [-0.4, -0.2) is 28.6 Å². The Kier molecular flexibility index (Phi) is 5.42. The maximum absolute atomic E-state index is 12.3. The molecule has 3 heterocycles. The van der Waals surface area contributed by atoms with Crippen molar-refractivity contribution in [3.05, 3.63) is 40.7 Å². The van der Waals surface area contributed by atoms with E-state index in [2.05, 4.69) is 27.5 Å². The van der Waals surface area contributed by atoms with Crippen molar-refractivity contribution in [2.45, 2.75) is 45.3 Å². The fourth-order valence-electron chi connectivity index (χ4n) is 2.92. The summed E-state index contributed by atoms with van der Waals surface area (Å²) in [5.74, 6) is 0. The summed E-state index contributed by atoms with van der Waals surface area (Å²) in [5, 5.41) is 6.52. The van der Waals surface area contributed by atoms with Crippen molar-refractivity contribution in [1.29, 1.82) is 0 Å². The van der Waals surface area contributed by atoms with Crippen molar-refractivity contribution >= 4 is 22.5 Å². The Bertz CT molecular complexity index is 689. The first-order valence-electron chi connectivity index (χ1n) is 8.22. The van der Waals surface area contributed by atoms with Gasteiger partial charge in [0, 0.05) is 23.9 Å². The van der Waals surface area contributed by atoms with Crippen molar-refractivity contribution in [2.75, 3.05) is 11.9 Å². The summed E-state index contributed by atoms with van der Waals surface area (Å²) in [6, 6.07) is 3.56. The number of hydrogen-bond donors (Lipinski definition) is 2. The molecule has 0 saturated carbocycles. The van der Waals surface area contributed by atoms with E-state index in [-0.39, 0.29) is 18.2 Å². The molecule has 6 nitrogen and oxygen atoms in total. The molecular formula is C17H22N4O2S. The summed E-state index contributed by atoms with van der Waals surface area (Å²) in [5.41, 5.74) is 2.07. The van der Waals surface area contributed by atoms with Gasteiger partial charge in [-0.25, -0.2) is 9.78 Å². The van der Waals surface area contributed by atoms with Gasteiger partial charge >= 0.3 is 6.03 Å². The van der Waals surface area contributed by atoms with E-state index in [1.807, 2.05) is 19.1 Å². The average Bonchev–Trinajstić information content (AvgIpc) is 2.95. The van der Waals surface area contributed by atoms with Crippen LogP contribution in [0.5, 0.6) is 0 Å². The minimum absolute atomic E-state index is 0.0622. The number of amides is 2. The molecule has 1 saturated heterocycles. The van der Waals surface area contributed by atoms with Crippen molar-refractivity contribution in [3.63, 3.8) is 0 Å². The maximum atomic E-state index is 12.3. The monoisotopic (exact) mass is 346 g/mol. The molecule has 3 rings (SSSR count). The van der Waals surface area contributed by atoms with E-state index >= 15 is 0 Å².